The van der Waals surface area contributed by atoms with Gasteiger partial charge in [-0.1, -0.05) is 30.3 Å². The van der Waals surface area contributed by atoms with Gasteiger partial charge in [0.15, 0.2) is 0 Å². The summed E-state index contributed by atoms with van der Waals surface area (Å²) in [5.41, 5.74) is 1.89. The monoisotopic (exact) mass is 182 g/mol. The second kappa shape index (κ2) is 4.29. The lowest BCUT2D eigenvalue weighted by Crippen LogP contribution is -1.93. The Morgan fingerprint density at radius 1 is 1.50 bits per heavy atom. The minimum atomic E-state index is 0.0342. The summed E-state index contributed by atoms with van der Waals surface area (Å²) in [6, 6.07) is 7.56. The molecule has 1 rings (SSSR count). The van der Waals surface area contributed by atoms with Gasteiger partial charge in [0.1, 0.15) is 0 Å². The summed E-state index contributed by atoms with van der Waals surface area (Å²) in [7, 11) is 0. The van der Waals surface area contributed by atoms with Crippen LogP contribution in [-0.2, 0) is 6.42 Å². The summed E-state index contributed by atoms with van der Waals surface area (Å²) in [4.78, 5) is 0. The molecule has 64 valence electrons. The Bertz CT molecular complexity index is 281. The minimum absolute atomic E-state index is 0.0342. The molecule has 0 aromatic heterocycles. The number of halogens is 1. The van der Waals surface area contributed by atoms with Gasteiger partial charge >= 0.3 is 0 Å². The normalized spacial score (nSPS) is 9.83. The molecule has 1 aromatic rings. The van der Waals surface area contributed by atoms with Gasteiger partial charge in [0.25, 0.3) is 0 Å². The fraction of sp³-hybridized carbons (Fsp3) is 0.200. The Morgan fingerprint density at radius 2 is 2.25 bits per heavy atom. The first-order valence-electron chi connectivity index (χ1n) is 3.74. The zero-order valence-corrected chi connectivity index (χ0v) is 7.51. The fourth-order valence-corrected chi connectivity index (χ4v) is 1.20. The zero-order valence-electron chi connectivity index (χ0n) is 6.76. The van der Waals surface area contributed by atoms with Gasteiger partial charge in [-0.15, -0.1) is 0 Å². The third-order valence-corrected chi connectivity index (χ3v) is 1.80. The van der Waals surface area contributed by atoms with E-state index in [0.717, 1.165) is 16.2 Å². The van der Waals surface area contributed by atoms with Crippen molar-refractivity contribution in [1.82, 2.24) is 0 Å². The molecule has 0 radical (unpaired) electrons. The molecule has 12 heavy (non-hydrogen) atoms. The van der Waals surface area contributed by atoms with Gasteiger partial charge in [0, 0.05) is 5.02 Å². The molecule has 0 amide bonds. The van der Waals surface area contributed by atoms with Crippen molar-refractivity contribution in [2.24, 2.45) is 0 Å². The van der Waals surface area contributed by atoms with Gasteiger partial charge in [0.2, 0.25) is 0 Å². The Kier molecular flexibility index (Phi) is 3.32. The quantitative estimate of drug-likeness (QED) is 0.712. The molecule has 1 N–H and O–H groups in total. The lowest BCUT2D eigenvalue weighted by Gasteiger charge is -2.01. The topological polar surface area (TPSA) is 20.2 Å². The van der Waals surface area contributed by atoms with Crippen LogP contribution in [-0.4, -0.2) is 11.7 Å². The average Bonchev–Trinajstić information content (AvgIpc) is 2.04. The van der Waals surface area contributed by atoms with E-state index in [1.807, 2.05) is 24.3 Å². The Hall–Kier alpha value is -0.790. The van der Waals surface area contributed by atoms with Crippen molar-refractivity contribution in [2.75, 3.05) is 6.61 Å². The summed E-state index contributed by atoms with van der Waals surface area (Å²) in [6.07, 6.45) is 0.692. The highest BCUT2D eigenvalue weighted by Crippen LogP contribution is 2.13. The van der Waals surface area contributed by atoms with Gasteiger partial charge in [-0.3, -0.25) is 0 Å². The van der Waals surface area contributed by atoms with Crippen molar-refractivity contribution < 1.29 is 5.11 Å². The lowest BCUT2D eigenvalue weighted by molar-refractivity contribution is 0.329. The van der Waals surface area contributed by atoms with E-state index in [1.165, 1.54) is 0 Å². The summed E-state index contributed by atoms with van der Waals surface area (Å²) >= 11 is 5.78. The van der Waals surface area contributed by atoms with Crippen molar-refractivity contribution >= 4 is 11.6 Å². The van der Waals surface area contributed by atoms with E-state index in [1.54, 1.807) is 0 Å². The van der Waals surface area contributed by atoms with Crippen LogP contribution in [0.25, 0.3) is 0 Å². The molecule has 0 spiro atoms. The Morgan fingerprint density at radius 3 is 2.83 bits per heavy atom. The predicted octanol–water partition coefficient (Wildman–Crippen LogP) is 2.43. The zero-order chi connectivity index (χ0) is 8.97. The molecule has 1 aromatic carbocycles. The molecular formula is C10H11ClO. The van der Waals surface area contributed by atoms with Crippen molar-refractivity contribution in [1.29, 1.82) is 0 Å². The first-order valence-corrected chi connectivity index (χ1v) is 4.12. The van der Waals surface area contributed by atoms with Crippen LogP contribution in [0.5, 0.6) is 0 Å². The van der Waals surface area contributed by atoms with Gasteiger partial charge in [-0.2, -0.15) is 0 Å². The predicted molar refractivity (Wildman–Crippen MR) is 51.4 cm³/mol. The number of hydrogen-bond donors (Lipinski definition) is 1. The van der Waals surface area contributed by atoms with E-state index in [9.17, 15) is 0 Å². The first kappa shape index (κ1) is 9.30. The summed E-state index contributed by atoms with van der Waals surface area (Å²) in [5, 5.41) is 9.45. The molecule has 0 atom stereocenters. The van der Waals surface area contributed by atoms with E-state index < -0.39 is 0 Å². The van der Waals surface area contributed by atoms with Gasteiger partial charge in [-0.25, -0.2) is 0 Å². The van der Waals surface area contributed by atoms with Crippen LogP contribution in [0.4, 0.5) is 0 Å². The molecule has 0 fully saturated rings. The van der Waals surface area contributed by atoms with Crippen molar-refractivity contribution in [3.05, 3.63) is 47.0 Å². The van der Waals surface area contributed by atoms with Crippen LogP contribution in [0.15, 0.2) is 36.4 Å². The highest BCUT2D eigenvalue weighted by atomic mass is 35.5. The van der Waals surface area contributed by atoms with Crippen LogP contribution in [0.3, 0.4) is 0 Å². The molecule has 0 heterocycles. The van der Waals surface area contributed by atoms with E-state index in [4.69, 9.17) is 16.7 Å². The second-order valence-corrected chi connectivity index (χ2v) is 3.15. The Labute approximate surface area is 77.3 Å². The van der Waals surface area contributed by atoms with Crippen LogP contribution >= 0.6 is 11.6 Å². The molecular weight excluding hydrogens is 172 g/mol. The maximum Gasteiger partial charge on any atom is 0.0642 e. The fourth-order valence-electron chi connectivity index (χ4n) is 0.992. The minimum Gasteiger partial charge on any atom is -0.392 e. The molecule has 0 aliphatic rings. The van der Waals surface area contributed by atoms with E-state index >= 15 is 0 Å². The number of benzene rings is 1. The molecule has 0 saturated heterocycles. The summed E-state index contributed by atoms with van der Waals surface area (Å²) in [6.45, 7) is 3.74. The van der Waals surface area contributed by atoms with E-state index in [-0.39, 0.29) is 6.61 Å². The van der Waals surface area contributed by atoms with Crippen LogP contribution in [0.2, 0.25) is 5.02 Å². The van der Waals surface area contributed by atoms with Crippen LogP contribution < -0.4 is 0 Å². The lowest BCUT2D eigenvalue weighted by atomic mass is 10.1. The molecule has 0 saturated carbocycles. The number of rotatable bonds is 3. The molecule has 0 unspecified atom stereocenters. The van der Waals surface area contributed by atoms with Crippen LogP contribution in [0, 0.1) is 0 Å². The van der Waals surface area contributed by atoms with Gasteiger partial charge in [0.05, 0.1) is 6.61 Å². The van der Waals surface area contributed by atoms with Gasteiger partial charge in [-0.05, 0) is 29.7 Å². The number of aliphatic hydroxyl groups is 1. The maximum absolute atomic E-state index is 8.73. The second-order valence-electron chi connectivity index (χ2n) is 2.71. The smallest absolute Gasteiger partial charge is 0.0642 e. The molecule has 1 nitrogen and oxygen atoms in total. The van der Waals surface area contributed by atoms with Crippen molar-refractivity contribution in [2.45, 2.75) is 6.42 Å². The summed E-state index contributed by atoms with van der Waals surface area (Å²) in [5.74, 6) is 0. The number of hydrogen-bond acceptors (Lipinski definition) is 1. The standard InChI is InChI=1S/C10H11ClO/c1-8(7-12)5-9-3-2-4-10(11)6-9/h2-4,6,12H,1,5,7H2. The van der Waals surface area contributed by atoms with Gasteiger partial charge < -0.3 is 5.11 Å². The SMILES string of the molecule is C=C(CO)Cc1cccc(Cl)c1. The highest BCUT2D eigenvalue weighted by molar-refractivity contribution is 6.30. The van der Waals surface area contributed by atoms with Crippen molar-refractivity contribution in [3.63, 3.8) is 0 Å². The molecule has 0 aliphatic heterocycles. The third kappa shape index (κ3) is 2.68. The highest BCUT2D eigenvalue weighted by Gasteiger charge is 1.96. The maximum atomic E-state index is 8.73. The van der Waals surface area contributed by atoms with Crippen LogP contribution in [0.1, 0.15) is 5.56 Å². The Balaban J connectivity index is 2.69. The van der Waals surface area contributed by atoms with E-state index in [0.29, 0.717) is 6.42 Å². The molecule has 0 aliphatic carbocycles. The average molecular weight is 183 g/mol. The molecule has 0 bridgehead atoms. The first-order chi connectivity index (χ1) is 5.72. The van der Waals surface area contributed by atoms with Crippen molar-refractivity contribution in [3.8, 4) is 0 Å². The summed E-state index contributed by atoms with van der Waals surface area (Å²) < 4.78 is 0. The largest absolute Gasteiger partial charge is 0.392 e. The molecule has 2 heteroatoms. The number of aliphatic hydroxyl groups excluding tert-OH is 1. The van der Waals surface area contributed by atoms with E-state index in [2.05, 4.69) is 6.58 Å². The third-order valence-electron chi connectivity index (χ3n) is 1.57.